The molecule has 0 saturated carbocycles. The number of thiophene rings is 1. The van der Waals surface area contributed by atoms with Gasteiger partial charge in [-0.15, -0.1) is 17.8 Å². The van der Waals surface area contributed by atoms with Crippen molar-refractivity contribution in [3.63, 3.8) is 0 Å². The summed E-state index contributed by atoms with van der Waals surface area (Å²) in [5.74, 6) is 3.85. The summed E-state index contributed by atoms with van der Waals surface area (Å²) in [6, 6.07) is 11.1. The number of carbonyl (C=O) groups excluding carboxylic acids is 1. The van der Waals surface area contributed by atoms with Gasteiger partial charge in [-0.25, -0.2) is 14.8 Å². The fourth-order valence-electron chi connectivity index (χ4n) is 4.12. The molecule has 8 heteroatoms. The molecule has 7 nitrogen and oxygen atoms in total. The van der Waals surface area contributed by atoms with Gasteiger partial charge in [0.25, 0.3) is 0 Å². The smallest absolute Gasteiger partial charge is 0.319 e. The summed E-state index contributed by atoms with van der Waals surface area (Å²) in [5.41, 5.74) is 3.71. The van der Waals surface area contributed by atoms with Gasteiger partial charge in [0.15, 0.2) is 0 Å². The Balaban J connectivity index is 1.29. The molecule has 1 aliphatic carbocycles. The third-order valence-electron chi connectivity index (χ3n) is 5.71. The van der Waals surface area contributed by atoms with E-state index in [1.54, 1.807) is 36.1 Å². The van der Waals surface area contributed by atoms with Crippen LogP contribution in [0, 0.1) is 18.3 Å². The Kier molecular flexibility index (Phi) is 5.87. The molecule has 164 valence electrons. The number of fused-ring (bicyclic) bond motifs is 3. The maximum absolute atomic E-state index is 12.2. The van der Waals surface area contributed by atoms with Crippen molar-refractivity contribution in [1.29, 1.82) is 0 Å². The highest BCUT2D eigenvalue weighted by Gasteiger charge is 2.25. The number of nitrogens with one attached hydrogen (secondary N) is 3. The van der Waals surface area contributed by atoms with Crippen LogP contribution in [-0.4, -0.2) is 27.5 Å². The first kappa shape index (κ1) is 20.9. The van der Waals surface area contributed by atoms with Gasteiger partial charge in [0, 0.05) is 28.9 Å². The van der Waals surface area contributed by atoms with Crippen molar-refractivity contribution in [3.05, 3.63) is 71.1 Å². The Hall–Kier alpha value is -3.96. The molecule has 0 spiro atoms. The van der Waals surface area contributed by atoms with Crippen LogP contribution in [0.5, 0.6) is 0 Å². The number of rotatable bonds is 5. The molecule has 0 fully saturated rings. The molecule has 0 aliphatic heterocycles. The number of carbonyl (C=O) groups is 1. The number of nitrogens with zero attached hydrogens (tertiary/aromatic N) is 3. The van der Waals surface area contributed by atoms with Gasteiger partial charge in [0.2, 0.25) is 0 Å². The largest absolute Gasteiger partial charge is 0.340 e. The van der Waals surface area contributed by atoms with E-state index in [-0.39, 0.29) is 6.03 Å². The summed E-state index contributed by atoms with van der Waals surface area (Å²) < 4.78 is 0. The van der Waals surface area contributed by atoms with Gasteiger partial charge >= 0.3 is 6.03 Å². The average Bonchev–Trinajstić information content (AvgIpc) is 3.22. The zero-order valence-corrected chi connectivity index (χ0v) is 18.7. The molecule has 4 aromatic rings. The lowest BCUT2D eigenvalue weighted by molar-refractivity contribution is 0.249. The van der Waals surface area contributed by atoms with E-state index in [9.17, 15) is 4.79 Å². The van der Waals surface area contributed by atoms with Gasteiger partial charge in [-0.1, -0.05) is 12.0 Å². The highest BCUT2D eigenvalue weighted by Crippen LogP contribution is 2.40. The predicted molar refractivity (Wildman–Crippen MR) is 132 cm³/mol. The van der Waals surface area contributed by atoms with Gasteiger partial charge < -0.3 is 16.0 Å². The molecule has 3 aromatic heterocycles. The van der Waals surface area contributed by atoms with E-state index in [1.807, 2.05) is 30.3 Å². The molecule has 0 saturated heterocycles. The second-order valence-electron chi connectivity index (χ2n) is 7.94. The molecule has 1 unspecified atom stereocenters. The van der Waals surface area contributed by atoms with Crippen LogP contribution in [0.25, 0.3) is 10.2 Å². The Morgan fingerprint density at radius 2 is 2.12 bits per heavy atom. The third kappa shape index (κ3) is 4.64. The van der Waals surface area contributed by atoms with Crippen LogP contribution >= 0.6 is 11.3 Å². The maximum Gasteiger partial charge on any atom is 0.319 e. The summed E-state index contributed by atoms with van der Waals surface area (Å²) >= 11 is 1.71. The first-order valence-corrected chi connectivity index (χ1v) is 11.5. The van der Waals surface area contributed by atoms with Gasteiger partial charge in [0.1, 0.15) is 17.0 Å². The maximum atomic E-state index is 12.2. The molecule has 33 heavy (non-hydrogen) atoms. The van der Waals surface area contributed by atoms with Gasteiger partial charge in [-0.2, -0.15) is 0 Å². The van der Waals surface area contributed by atoms with E-state index in [0.29, 0.717) is 18.2 Å². The van der Waals surface area contributed by atoms with Crippen LogP contribution in [0.1, 0.15) is 22.4 Å². The minimum Gasteiger partial charge on any atom is -0.340 e. The third-order valence-corrected chi connectivity index (χ3v) is 6.87. The molecule has 1 aliphatic rings. The Morgan fingerprint density at radius 3 is 2.97 bits per heavy atom. The van der Waals surface area contributed by atoms with Crippen LogP contribution in [0.4, 0.5) is 22.0 Å². The summed E-state index contributed by atoms with van der Waals surface area (Å²) in [6.07, 6.45) is 13.3. The van der Waals surface area contributed by atoms with Crippen LogP contribution in [-0.2, 0) is 12.8 Å². The van der Waals surface area contributed by atoms with E-state index in [1.165, 1.54) is 10.4 Å². The summed E-state index contributed by atoms with van der Waals surface area (Å²) in [7, 11) is 0. The van der Waals surface area contributed by atoms with Crippen LogP contribution in [0.15, 0.2) is 55.1 Å². The van der Waals surface area contributed by atoms with Gasteiger partial charge in [-0.05, 0) is 61.1 Å². The topological polar surface area (TPSA) is 91.8 Å². The lowest BCUT2D eigenvalue weighted by Gasteiger charge is -2.23. The number of urea groups is 1. The molecule has 2 amide bonds. The van der Waals surface area contributed by atoms with E-state index in [0.717, 1.165) is 46.5 Å². The summed E-state index contributed by atoms with van der Waals surface area (Å²) in [4.78, 5) is 27.6. The van der Waals surface area contributed by atoms with Crippen molar-refractivity contribution in [2.75, 3.05) is 17.2 Å². The van der Waals surface area contributed by atoms with Crippen molar-refractivity contribution in [2.45, 2.75) is 19.3 Å². The van der Waals surface area contributed by atoms with Crippen molar-refractivity contribution in [1.82, 2.24) is 20.3 Å². The van der Waals surface area contributed by atoms with Crippen LogP contribution < -0.4 is 16.0 Å². The molecule has 3 heterocycles. The average molecular weight is 455 g/mol. The number of aromatic nitrogens is 3. The van der Waals surface area contributed by atoms with E-state index in [2.05, 4.69) is 36.8 Å². The fourth-order valence-corrected chi connectivity index (χ4v) is 5.42. The molecule has 3 N–H and O–H groups in total. The molecule has 5 rings (SSSR count). The van der Waals surface area contributed by atoms with Crippen molar-refractivity contribution >= 4 is 44.8 Å². The number of anilines is 3. The van der Waals surface area contributed by atoms with Crippen molar-refractivity contribution in [3.8, 4) is 12.3 Å². The highest BCUT2D eigenvalue weighted by molar-refractivity contribution is 7.19. The minimum atomic E-state index is -0.211. The number of hydrogen-bond donors (Lipinski definition) is 3. The van der Waals surface area contributed by atoms with Crippen LogP contribution in [0.3, 0.4) is 0 Å². The van der Waals surface area contributed by atoms with Gasteiger partial charge in [0.05, 0.1) is 17.3 Å². The van der Waals surface area contributed by atoms with Crippen molar-refractivity contribution < 1.29 is 4.79 Å². The fraction of sp³-hybridized carbons (Fsp3) is 0.200. The highest BCUT2D eigenvalue weighted by atomic mass is 32.1. The Labute approximate surface area is 195 Å². The first-order valence-electron chi connectivity index (χ1n) is 10.7. The monoisotopic (exact) mass is 454 g/mol. The lowest BCUT2D eigenvalue weighted by atomic mass is 9.88. The summed E-state index contributed by atoms with van der Waals surface area (Å²) in [6.45, 7) is 0.620. The molecule has 0 radical (unpaired) electrons. The number of pyridine rings is 1. The Morgan fingerprint density at radius 1 is 1.21 bits per heavy atom. The SMILES string of the molecule is C#Cc1cccc(Nc2ncnc3sc4c(c23)CCC(CNC(=O)Nc2cccnc2)C4)c1. The number of amides is 2. The first-order chi connectivity index (χ1) is 16.2. The van der Waals surface area contributed by atoms with Crippen LogP contribution in [0.2, 0.25) is 0 Å². The van der Waals surface area contributed by atoms with Gasteiger partial charge in [-0.3, -0.25) is 4.98 Å². The van der Waals surface area contributed by atoms with E-state index < -0.39 is 0 Å². The normalized spacial score (nSPS) is 14.8. The predicted octanol–water partition coefficient (Wildman–Crippen LogP) is 4.74. The van der Waals surface area contributed by atoms with E-state index in [4.69, 9.17) is 6.42 Å². The molecular weight excluding hydrogens is 432 g/mol. The number of aryl methyl sites for hydroxylation is 1. The quantitative estimate of drug-likeness (QED) is 0.379. The number of hydrogen-bond acceptors (Lipinski definition) is 6. The second-order valence-corrected chi connectivity index (χ2v) is 9.03. The van der Waals surface area contributed by atoms with Crippen molar-refractivity contribution in [2.24, 2.45) is 5.92 Å². The molecular formula is C25H22N6OS. The summed E-state index contributed by atoms with van der Waals surface area (Å²) in [5, 5.41) is 10.3. The molecule has 1 atom stereocenters. The molecule has 1 aromatic carbocycles. The minimum absolute atomic E-state index is 0.211. The Bertz CT molecular complexity index is 1340. The second kappa shape index (κ2) is 9.27. The zero-order chi connectivity index (χ0) is 22.6. The van der Waals surface area contributed by atoms with E-state index >= 15 is 0 Å². The molecule has 0 bridgehead atoms. The zero-order valence-electron chi connectivity index (χ0n) is 17.8. The lowest BCUT2D eigenvalue weighted by Crippen LogP contribution is -2.34. The number of terminal acetylenes is 1. The standard InChI is InChI=1S/C25H22N6OS/c1-2-16-5-3-6-18(11-16)30-23-22-20-9-8-17(12-21(20)33-24(22)29-15-28-23)13-27-25(32)31-19-7-4-10-26-14-19/h1,3-7,10-11,14-15,17H,8-9,12-13H2,(H2,27,31,32)(H,28,29,30). The number of benzene rings is 1.